The van der Waals surface area contributed by atoms with E-state index in [0.29, 0.717) is 17.7 Å². The normalized spacial score (nSPS) is 11.9. The third kappa shape index (κ3) is 6.08. The van der Waals surface area contributed by atoms with Crippen LogP contribution in [0.2, 0.25) is 0 Å². The second-order valence-electron chi connectivity index (χ2n) is 7.04. The highest BCUT2D eigenvalue weighted by atomic mass is 19.4. The molecule has 2 N–H and O–H groups in total. The van der Waals surface area contributed by atoms with Crippen molar-refractivity contribution in [2.24, 2.45) is 5.41 Å². The maximum Gasteiger partial charge on any atom is 0.471 e. The van der Waals surface area contributed by atoms with Gasteiger partial charge in [-0.15, -0.1) is 0 Å². The number of halogens is 3. The monoisotopic (exact) mass is 384 g/mol. The van der Waals surface area contributed by atoms with Gasteiger partial charge in [-0.1, -0.05) is 50.2 Å². The summed E-state index contributed by atoms with van der Waals surface area (Å²) >= 11 is 0. The minimum atomic E-state index is -4.71. The third-order valence-corrected chi connectivity index (χ3v) is 3.32. The van der Waals surface area contributed by atoms with Gasteiger partial charge in [-0.25, -0.2) is 0 Å². The summed E-state index contributed by atoms with van der Waals surface area (Å²) in [5.41, 5.74) is 0.829. The summed E-state index contributed by atoms with van der Waals surface area (Å²) in [6.07, 6.45) is -4.71. The number of alkyl halides is 3. The second-order valence-corrected chi connectivity index (χ2v) is 7.04. The van der Waals surface area contributed by atoms with Crippen LogP contribution >= 0.6 is 0 Å². The maximum absolute atomic E-state index is 12.5. The minimum absolute atomic E-state index is 0.0854. The van der Waals surface area contributed by atoms with Gasteiger partial charge in [0.15, 0.2) is 0 Å². The average Bonchev–Trinajstić information content (AvgIpc) is 3.07. The van der Waals surface area contributed by atoms with Crippen LogP contribution in [0, 0.1) is 5.41 Å². The van der Waals surface area contributed by atoms with Gasteiger partial charge in [-0.05, 0) is 11.0 Å². The fourth-order valence-electron chi connectivity index (χ4n) is 1.92. The van der Waals surface area contributed by atoms with Crippen LogP contribution < -0.4 is 10.6 Å². The molecule has 0 fully saturated rings. The summed E-state index contributed by atoms with van der Waals surface area (Å²) in [7, 11) is 0. The Morgan fingerprint density at radius 1 is 1.04 bits per heavy atom. The van der Waals surface area contributed by atoms with Crippen molar-refractivity contribution in [2.75, 3.05) is 6.54 Å². The number of carbonyl (C=O) groups excluding carboxylic acids is 2. The predicted molar refractivity (Wildman–Crippen MR) is 89.0 cm³/mol. The van der Waals surface area contributed by atoms with Gasteiger partial charge in [0.2, 0.25) is 5.82 Å². The summed E-state index contributed by atoms with van der Waals surface area (Å²) in [5, 5.41) is 8.29. The van der Waals surface area contributed by atoms with Crippen LogP contribution in [0.3, 0.4) is 0 Å². The summed E-state index contributed by atoms with van der Waals surface area (Å²) in [5.74, 6) is -3.11. The maximum atomic E-state index is 12.5. The molecule has 0 aliphatic carbocycles. The van der Waals surface area contributed by atoms with Crippen molar-refractivity contribution in [1.29, 1.82) is 0 Å². The number of rotatable bonds is 4. The molecule has 2 amide bonds. The Morgan fingerprint density at radius 3 is 2.15 bits per heavy atom. The van der Waals surface area contributed by atoms with Gasteiger partial charge < -0.3 is 15.2 Å². The van der Waals surface area contributed by atoms with Crippen molar-refractivity contribution in [3.8, 4) is 11.4 Å². The summed E-state index contributed by atoms with van der Waals surface area (Å²) < 4.78 is 41.6. The zero-order chi connectivity index (χ0) is 20.2. The molecule has 0 saturated carbocycles. The lowest BCUT2D eigenvalue weighted by Gasteiger charge is -2.18. The van der Waals surface area contributed by atoms with Gasteiger partial charge in [-0.3, -0.25) is 9.59 Å². The molecule has 0 aliphatic heterocycles. The van der Waals surface area contributed by atoms with E-state index in [1.807, 2.05) is 20.8 Å². The smallest absolute Gasteiger partial charge is 0.347 e. The van der Waals surface area contributed by atoms with E-state index >= 15 is 0 Å². The van der Waals surface area contributed by atoms with Crippen molar-refractivity contribution in [1.82, 2.24) is 20.8 Å². The summed E-state index contributed by atoms with van der Waals surface area (Å²) in [6, 6.07) is 6.14. The molecule has 1 aromatic carbocycles. The number of carbonyl (C=O) groups is 2. The van der Waals surface area contributed by atoms with Gasteiger partial charge in [0.05, 0.1) is 0 Å². The topological polar surface area (TPSA) is 97.1 Å². The van der Waals surface area contributed by atoms with E-state index in [1.165, 1.54) is 12.1 Å². The van der Waals surface area contributed by atoms with Gasteiger partial charge in [0.25, 0.3) is 0 Å². The summed E-state index contributed by atoms with van der Waals surface area (Å²) in [4.78, 5) is 26.7. The van der Waals surface area contributed by atoms with Gasteiger partial charge in [0.1, 0.15) is 0 Å². The number of aromatic nitrogens is 2. The highest BCUT2D eigenvalue weighted by Gasteiger charge is 2.38. The predicted octanol–water partition coefficient (Wildman–Crippen LogP) is 2.53. The van der Waals surface area contributed by atoms with E-state index in [1.54, 1.807) is 12.1 Å². The molecule has 0 aliphatic rings. The molecule has 2 rings (SSSR count). The molecular weight excluding hydrogens is 365 g/mol. The molecule has 0 bridgehead atoms. The molecule has 0 unspecified atom stereocenters. The first kappa shape index (κ1) is 20.4. The van der Waals surface area contributed by atoms with Crippen LogP contribution in [0.15, 0.2) is 28.8 Å². The molecule has 10 heteroatoms. The fourth-order valence-corrected chi connectivity index (χ4v) is 1.92. The lowest BCUT2D eigenvalue weighted by atomic mass is 9.97. The number of amides is 2. The zero-order valence-electron chi connectivity index (χ0n) is 15.0. The van der Waals surface area contributed by atoms with Crippen LogP contribution in [0.5, 0.6) is 0 Å². The number of hydrogen-bond donors (Lipinski definition) is 2. The van der Waals surface area contributed by atoms with Gasteiger partial charge in [0, 0.05) is 18.7 Å². The first-order valence-electron chi connectivity index (χ1n) is 8.02. The molecule has 1 aromatic heterocycles. The van der Waals surface area contributed by atoms with Crippen LogP contribution in [-0.2, 0) is 22.3 Å². The Hall–Kier alpha value is -2.91. The Kier molecular flexibility index (Phi) is 5.87. The van der Waals surface area contributed by atoms with E-state index in [9.17, 15) is 22.8 Å². The first-order chi connectivity index (χ1) is 12.5. The zero-order valence-corrected chi connectivity index (χ0v) is 15.0. The van der Waals surface area contributed by atoms with Gasteiger partial charge in [-0.2, -0.15) is 18.2 Å². The lowest BCUT2D eigenvalue weighted by molar-refractivity contribution is -0.159. The molecular formula is C17H19F3N4O3. The molecule has 1 heterocycles. The van der Waals surface area contributed by atoms with E-state index in [0.717, 1.165) is 0 Å². The molecule has 27 heavy (non-hydrogen) atoms. The average molecular weight is 384 g/mol. The van der Waals surface area contributed by atoms with Crippen LogP contribution in [-0.4, -0.2) is 28.5 Å². The van der Waals surface area contributed by atoms with Crippen molar-refractivity contribution >= 4 is 11.8 Å². The molecule has 7 nitrogen and oxygen atoms in total. The van der Waals surface area contributed by atoms with E-state index < -0.39 is 23.9 Å². The quantitative estimate of drug-likeness (QED) is 0.790. The Bertz CT molecular complexity index is 808. The third-order valence-electron chi connectivity index (χ3n) is 3.32. The van der Waals surface area contributed by atoms with Crippen molar-refractivity contribution < 1.29 is 27.3 Å². The number of nitrogens with one attached hydrogen (secondary N) is 2. The van der Waals surface area contributed by atoms with Gasteiger partial charge >= 0.3 is 23.9 Å². The minimum Gasteiger partial charge on any atom is -0.347 e. The standard InChI is InChI=1S/C17H19F3N4O3/c1-16(2,3)9-22-14(26)13(25)21-8-10-4-6-11(7-5-10)12-23-15(27-24-12)17(18,19)20/h4-7H,8-9H2,1-3H3,(H,21,25)(H,22,26). The Labute approximate surface area is 153 Å². The number of nitrogens with zero attached hydrogens (tertiary/aromatic N) is 2. The van der Waals surface area contributed by atoms with Crippen LogP contribution in [0.25, 0.3) is 11.4 Å². The van der Waals surface area contributed by atoms with Crippen molar-refractivity contribution in [3.05, 3.63) is 35.7 Å². The largest absolute Gasteiger partial charge is 0.471 e. The number of benzene rings is 1. The molecule has 2 aromatic rings. The molecule has 0 atom stereocenters. The SMILES string of the molecule is CC(C)(C)CNC(=O)C(=O)NCc1ccc(-c2noc(C(F)(F)F)n2)cc1. The van der Waals surface area contributed by atoms with Crippen molar-refractivity contribution in [2.45, 2.75) is 33.5 Å². The van der Waals surface area contributed by atoms with Crippen LogP contribution in [0.4, 0.5) is 13.2 Å². The Morgan fingerprint density at radius 2 is 1.63 bits per heavy atom. The second kappa shape index (κ2) is 7.77. The molecule has 0 spiro atoms. The number of hydrogen-bond acceptors (Lipinski definition) is 5. The van der Waals surface area contributed by atoms with E-state index in [2.05, 4.69) is 25.3 Å². The first-order valence-corrected chi connectivity index (χ1v) is 8.02. The highest BCUT2D eigenvalue weighted by Crippen LogP contribution is 2.29. The van der Waals surface area contributed by atoms with E-state index in [4.69, 9.17) is 0 Å². The van der Waals surface area contributed by atoms with Crippen molar-refractivity contribution in [3.63, 3.8) is 0 Å². The summed E-state index contributed by atoms with van der Waals surface area (Å²) in [6.45, 7) is 6.22. The fraction of sp³-hybridized carbons (Fsp3) is 0.412. The van der Waals surface area contributed by atoms with E-state index in [-0.39, 0.29) is 17.8 Å². The molecule has 0 saturated heterocycles. The lowest BCUT2D eigenvalue weighted by Crippen LogP contribution is -2.42. The van der Waals surface area contributed by atoms with Crippen LogP contribution in [0.1, 0.15) is 32.2 Å². The molecule has 146 valence electrons. The molecule has 0 radical (unpaired) electrons. The highest BCUT2D eigenvalue weighted by molar-refractivity contribution is 6.35. The Balaban J connectivity index is 1.91.